The standard InChI is InChI=1S/C25H22N4O4S/c1-17-8-10-20(11-9-17)24-27-28-25(33-24)26-23(30)19-12-14-21(15-13-19)34(31,32)29-16-4-6-18-5-2-3-7-22(18)29/h2-3,5,7-15H,4,6,16H2,1H3,(H,26,28,30). The molecule has 9 heteroatoms. The number of aromatic nitrogens is 2. The number of amides is 1. The van der Waals surface area contributed by atoms with Crippen molar-refractivity contribution < 1.29 is 17.6 Å². The predicted molar refractivity (Wildman–Crippen MR) is 128 cm³/mol. The Morgan fingerprint density at radius 3 is 2.47 bits per heavy atom. The fraction of sp³-hybridized carbons (Fsp3) is 0.160. The number of anilines is 2. The molecule has 1 amide bonds. The van der Waals surface area contributed by atoms with Crippen LogP contribution in [0.25, 0.3) is 11.5 Å². The third kappa shape index (κ3) is 4.17. The first-order valence-corrected chi connectivity index (χ1v) is 12.3. The molecule has 0 radical (unpaired) electrons. The van der Waals surface area contributed by atoms with E-state index in [-0.39, 0.29) is 16.5 Å². The highest BCUT2D eigenvalue weighted by Crippen LogP contribution is 2.32. The molecule has 5 rings (SSSR count). The number of carbonyl (C=O) groups excluding carboxylic acids is 1. The van der Waals surface area contributed by atoms with Gasteiger partial charge in [-0.15, -0.1) is 5.10 Å². The number of nitrogens with zero attached hydrogens (tertiary/aromatic N) is 3. The van der Waals surface area contributed by atoms with Crippen LogP contribution < -0.4 is 9.62 Å². The van der Waals surface area contributed by atoms with Gasteiger partial charge in [-0.05, 0) is 67.8 Å². The molecule has 0 fully saturated rings. The predicted octanol–water partition coefficient (Wildman–Crippen LogP) is 4.44. The largest absolute Gasteiger partial charge is 0.403 e. The van der Waals surface area contributed by atoms with Crippen LogP contribution in [0.4, 0.5) is 11.7 Å². The first kappa shape index (κ1) is 21.8. The molecular formula is C25H22N4O4S. The van der Waals surface area contributed by atoms with Crippen molar-refractivity contribution in [2.45, 2.75) is 24.7 Å². The highest BCUT2D eigenvalue weighted by atomic mass is 32.2. The summed E-state index contributed by atoms with van der Waals surface area (Å²) in [7, 11) is -3.75. The Morgan fingerprint density at radius 1 is 0.971 bits per heavy atom. The van der Waals surface area contributed by atoms with Crippen molar-refractivity contribution in [2.75, 3.05) is 16.2 Å². The van der Waals surface area contributed by atoms with Crippen LogP contribution in [0.15, 0.2) is 82.1 Å². The smallest absolute Gasteiger partial charge is 0.322 e. The summed E-state index contributed by atoms with van der Waals surface area (Å²) in [5.74, 6) is -0.190. The highest BCUT2D eigenvalue weighted by molar-refractivity contribution is 7.92. The number of hydrogen-bond donors (Lipinski definition) is 1. The van der Waals surface area contributed by atoms with E-state index < -0.39 is 15.9 Å². The van der Waals surface area contributed by atoms with E-state index in [1.165, 1.54) is 28.6 Å². The molecule has 1 aliphatic rings. The van der Waals surface area contributed by atoms with Gasteiger partial charge < -0.3 is 4.42 Å². The summed E-state index contributed by atoms with van der Waals surface area (Å²) in [6.45, 7) is 2.40. The number of carbonyl (C=O) groups is 1. The van der Waals surface area contributed by atoms with E-state index in [1.807, 2.05) is 55.5 Å². The van der Waals surface area contributed by atoms with Gasteiger partial charge in [0.05, 0.1) is 10.6 Å². The van der Waals surface area contributed by atoms with Crippen molar-refractivity contribution >= 4 is 27.6 Å². The van der Waals surface area contributed by atoms with E-state index in [9.17, 15) is 13.2 Å². The van der Waals surface area contributed by atoms with Gasteiger partial charge in [0.15, 0.2) is 0 Å². The van der Waals surface area contributed by atoms with Crippen LogP contribution in [0.3, 0.4) is 0 Å². The van der Waals surface area contributed by atoms with Gasteiger partial charge in [-0.25, -0.2) is 8.42 Å². The minimum absolute atomic E-state index is 0.0396. The van der Waals surface area contributed by atoms with E-state index in [0.29, 0.717) is 18.1 Å². The van der Waals surface area contributed by atoms with Gasteiger partial charge in [-0.2, -0.15) is 0 Å². The third-order valence-electron chi connectivity index (χ3n) is 5.72. The van der Waals surface area contributed by atoms with Crippen molar-refractivity contribution in [3.63, 3.8) is 0 Å². The van der Waals surface area contributed by atoms with Gasteiger partial charge in [0.25, 0.3) is 15.9 Å². The molecule has 0 saturated carbocycles. The van der Waals surface area contributed by atoms with E-state index >= 15 is 0 Å². The second kappa shape index (κ2) is 8.75. The number of fused-ring (bicyclic) bond motifs is 1. The third-order valence-corrected chi connectivity index (χ3v) is 7.54. The maximum absolute atomic E-state index is 13.3. The Morgan fingerprint density at radius 2 is 1.71 bits per heavy atom. The molecule has 4 aromatic rings. The summed E-state index contributed by atoms with van der Waals surface area (Å²) in [4.78, 5) is 12.8. The SMILES string of the molecule is Cc1ccc(-c2nnc(NC(=O)c3ccc(S(=O)(=O)N4CCCc5ccccc54)cc3)o2)cc1. The lowest BCUT2D eigenvalue weighted by molar-refractivity contribution is 0.102. The van der Waals surface area contributed by atoms with Crippen LogP contribution in [-0.2, 0) is 16.4 Å². The van der Waals surface area contributed by atoms with Crippen molar-refractivity contribution in [3.05, 3.63) is 89.5 Å². The Kier molecular flexibility index (Phi) is 5.62. The molecule has 0 spiro atoms. The molecule has 1 N–H and O–H groups in total. The summed E-state index contributed by atoms with van der Waals surface area (Å²) in [5, 5.41) is 10.4. The van der Waals surface area contributed by atoms with Crippen molar-refractivity contribution in [1.82, 2.24) is 10.2 Å². The summed E-state index contributed by atoms with van der Waals surface area (Å²) >= 11 is 0. The lowest BCUT2D eigenvalue weighted by Gasteiger charge is -2.30. The van der Waals surface area contributed by atoms with Gasteiger partial charge in [0.1, 0.15) is 0 Å². The first-order valence-electron chi connectivity index (χ1n) is 10.8. The van der Waals surface area contributed by atoms with Crippen LogP contribution >= 0.6 is 0 Å². The van der Waals surface area contributed by atoms with Crippen LogP contribution in [0.1, 0.15) is 27.9 Å². The second-order valence-electron chi connectivity index (χ2n) is 8.07. The normalized spacial score (nSPS) is 13.4. The average molecular weight is 475 g/mol. The fourth-order valence-corrected chi connectivity index (χ4v) is 5.45. The number of benzene rings is 3. The van der Waals surface area contributed by atoms with E-state index in [2.05, 4.69) is 15.5 Å². The molecule has 34 heavy (non-hydrogen) atoms. The zero-order valence-corrected chi connectivity index (χ0v) is 19.2. The molecule has 8 nitrogen and oxygen atoms in total. The lowest BCUT2D eigenvalue weighted by Crippen LogP contribution is -2.35. The molecule has 2 heterocycles. The maximum atomic E-state index is 13.3. The summed E-state index contributed by atoms with van der Waals surface area (Å²) < 4.78 is 33.5. The summed E-state index contributed by atoms with van der Waals surface area (Å²) in [5.41, 5.74) is 3.83. The lowest BCUT2D eigenvalue weighted by atomic mass is 10.0. The Bertz CT molecular complexity index is 1450. The number of rotatable bonds is 5. The summed E-state index contributed by atoms with van der Waals surface area (Å²) in [6, 6.07) is 20.9. The van der Waals surface area contributed by atoms with Gasteiger partial charge in [-0.1, -0.05) is 41.0 Å². The average Bonchev–Trinajstić information content (AvgIpc) is 3.32. The second-order valence-corrected chi connectivity index (χ2v) is 9.93. The zero-order chi connectivity index (χ0) is 23.7. The Hall–Kier alpha value is -3.98. The molecule has 0 bridgehead atoms. The summed E-state index contributed by atoms with van der Waals surface area (Å²) in [6.07, 6.45) is 1.61. The van der Waals surface area contributed by atoms with Crippen molar-refractivity contribution in [2.24, 2.45) is 0 Å². The maximum Gasteiger partial charge on any atom is 0.322 e. The molecule has 0 saturated heterocycles. The molecule has 1 aromatic heterocycles. The zero-order valence-electron chi connectivity index (χ0n) is 18.4. The van der Waals surface area contributed by atoms with Gasteiger partial charge in [0, 0.05) is 17.7 Å². The van der Waals surface area contributed by atoms with Crippen molar-refractivity contribution in [3.8, 4) is 11.5 Å². The molecule has 0 aliphatic carbocycles. The fourth-order valence-electron chi connectivity index (χ4n) is 3.91. The number of hydrogen-bond acceptors (Lipinski definition) is 6. The van der Waals surface area contributed by atoms with E-state index in [1.54, 1.807) is 0 Å². The molecule has 0 atom stereocenters. The van der Waals surface area contributed by atoms with E-state index in [4.69, 9.17) is 4.42 Å². The highest BCUT2D eigenvalue weighted by Gasteiger charge is 2.29. The Labute approximate surface area is 197 Å². The molecule has 3 aromatic carbocycles. The van der Waals surface area contributed by atoms with Crippen LogP contribution in [0.2, 0.25) is 0 Å². The van der Waals surface area contributed by atoms with Crippen LogP contribution in [-0.4, -0.2) is 31.1 Å². The molecule has 172 valence electrons. The van der Waals surface area contributed by atoms with Gasteiger partial charge in [-0.3, -0.25) is 14.4 Å². The van der Waals surface area contributed by atoms with E-state index in [0.717, 1.165) is 29.5 Å². The van der Waals surface area contributed by atoms with Crippen molar-refractivity contribution in [1.29, 1.82) is 0 Å². The van der Waals surface area contributed by atoms with Crippen LogP contribution in [0, 0.1) is 6.92 Å². The quantitative estimate of drug-likeness (QED) is 0.458. The molecule has 0 unspecified atom stereocenters. The number of sulfonamides is 1. The van der Waals surface area contributed by atoms with Crippen LogP contribution in [0.5, 0.6) is 0 Å². The van der Waals surface area contributed by atoms with Gasteiger partial charge in [0.2, 0.25) is 5.89 Å². The molecule has 1 aliphatic heterocycles. The number of para-hydroxylation sites is 1. The minimum atomic E-state index is -3.75. The number of nitrogens with one attached hydrogen (secondary N) is 1. The monoisotopic (exact) mass is 474 g/mol. The first-order chi connectivity index (χ1) is 16.4. The minimum Gasteiger partial charge on any atom is -0.403 e. The topological polar surface area (TPSA) is 105 Å². The Balaban J connectivity index is 1.32. The molecular weight excluding hydrogens is 452 g/mol. The van der Waals surface area contributed by atoms with Gasteiger partial charge >= 0.3 is 6.01 Å². The number of aryl methyl sites for hydroxylation is 2.